The quantitative estimate of drug-likeness (QED) is 0.372. The molecule has 0 aliphatic carbocycles. The summed E-state index contributed by atoms with van der Waals surface area (Å²) in [6.07, 6.45) is 1.40. The Hall–Kier alpha value is -2.97. The minimum atomic E-state index is -0.920. The Labute approximate surface area is 184 Å². The second kappa shape index (κ2) is 9.45. The van der Waals surface area contributed by atoms with Gasteiger partial charge in [0.15, 0.2) is 0 Å². The zero-order valence-corrected chi connectivity index (χ0v) is 18.4. The highest BCUT2D eigenvalue weighted by atomic mass is 35.5. The monoisotopic (exact) mass is 449 g/mol. The molecule has 0 spiro atoms. The van der Waals surface area contributed by atoms with Gasteiger partial charge in [0.2, 0.25) is 0 Å². The molecular weight excluding hydrogens is 426 g/mol. The molecule has 1 aromatic carbocycles. The number of aliphatic hydroxyl groups is 1. The topological polar surface area (TPSA) is 98.4 Å². The van der Waals surface area contributed by atoms with Crippen LogP contribution in [-0.2, 0) is 14.3 Å². The third kappa shape index (κ3) is 4.40. The lowest BCUT2D eigenvalue weighted by molar-refractivity contribution is -0.140. The van der Waals surface area contributed by atoms with E-state index in [2.05, 4.69) is 0 Å². The lowest BCUT2D eigenvalue weighted by Crippen LogP contribution is -2.33. The van der Waals surface area contributed by atoms with Gasteiger partial charge in [-0.25, -0.2) is 0 Å². The molecule has 166 valence electrons. The third-order valence-corrected chi connectivity index (χ3v) is 5.16. The van der Waals surface area contributed by atoms with Gasteiger partial charge < -0.3 is 28.6 Å². The minimum absolute atomic E-state index is 0.0374. The Morgan fingerprint density at radius 3 is 2.52 bits per heavy atom. The van der Waals surface area contributed by atoms with Crippen LogP contribution in [0.5, 0.6) is 11.5 Å². The number of furan rings is 1. The first-order valence-electron chi connectivity index (χ1n) is 9.65. The van der Waals surface area contributed by atoms with Crippen molar-refractivity contribution in [1.29, 1.82) is 0 Å². The number of likely N-dealkylation sites (tertiary alicyclic amines) is 1. The summed E-state index contributed by atoms with van der Waals surface area (Å²) in [4.78, 5) is 27.1. The highest BCUT2D eigenvalue weighted by Crippen LogP contribution is 2.43. The predicted octanol–water partition coefficient (Wildman–Crippen LogP) is 3.80. The summed E-state index contributed by atoms with van der Waals surface area (Å²) in [6.45, 7) is 4.11. The molecule has 2 aromatic rings. The number of hydrogen-bond donors (Lipinski definition) is 1. The van der Waals surface area contributed by atoms with Gasteiger partial charge in [0, 0.05) is 12.6 Å². The maximum atomic E-state index is 13.0. The van der Waals surface area contributed by atoms with E-state index >= 15 is 0 Å². The van der Waals surface area contributed by atoms with E-state index in [1.807, 2.05) is 13.8 Å². The number of carbonyl (C=O) groups excluding carboxylic acids is 2. The SMILES string of the molecule is COc1cc(OC)c(/C(O)=C2/C(=O)C(=O)N(CCOC(C)C)C2c2ccco2)cc1Cl. The Bertz CT molecular complexity index is 998. The van der Waals surface area contributed by atoms with E-state index in [1.54, 1.807) is 12.1 Å². The molecule has 1 N–H and O–H groups in total. The van der Waals surface area contributed by atoms with E-state index in [9.17, 15) is 14.7 Å². The standard InChI is InChI=1S/C22H24ClNO7/c1-12(2)30-9-7-24-19(15-6-5-8-31-15)18(21(26)22(24)27)20(25)13-10-14(23)17(29-4)11-16(13)28-3/h5-6,8,10-12,19,25H,7,9H2,1-4H3/b20-18-. The normalized spacial score (nSPS) is 18.1. The van der Waals surface area contributed by atoms with Crippen molar-refractivity contribution >= 4 is 29.1 Å². The highest BCUT2D eigenvalue weighted by molar-refractivity contribution is 6.46. The first-order valence-corrected chi connectivity index (χ1v) is 10.0. The van der Waals surface area contributed by atoms with Crippen molar-refractivity contribution in [3.63, 3.8) is 0 Å². The van der Waals surface area contributed by atoms with E-state index in [-0.39, 0.29) is 41.2 Å². The fraction of sp³-hybridized carbons (Fsp3) is 0.364. The maximum absolute atomic E-state index is 13.0. The lowest BCUT2D eigenvalue weighted by Gasteiger charge is -2.23. The molecule has 1 aliphatic heterocycles. The van der Waals surface area contributed by atoms with E-state index in [0.717, 1.165) is 0 Å². The van der Waals surface area contributed by atoms with Crippen molar-refractivity contribution in [2.24, 2.45) is 0 Å². The van der Waals surface area contributed by atoms with Crippen molar-refractivity contribution in [3.05, 3.63) is 52.4 Å². The number of carbonyl (C=O) groups is 2. The summed E-state index contributed by atoms with van der Waals surface area (Å²) in [7, 11) is 2.85. The fourth-order valence-corrected chi connectivity index (χ4v) is 3.67. The average Bonchev–Trinajstić information content (AvgIpc) is 3.35. The van der Waals surface area contributed by atoms with Crippen molar-refractivity contribution in [2.45, 2.75) is 26.0 Å². The first kappa shape index (κ1) is 22.7. The van der Waals surface area contributed by atoms with Crippen LogP contribution in [0.2, 0.25) is 5.02 Å². The number of Topliss-reactive ketones (excluding diaryl/α,β-unsaturated/α-hetero) is 1. The Kier molecular flexibility index (Phi) is 6.92. The molecule has 9 heteroatoms. The average molecular weight is 450 g/mol. The molecule has 0 bridgehead atoms. The van der Waals surface area contributed by atoms with Gasteiger partial charge in [0.05, 0.1) is 49.4 Å². The van der Waals surface area contributed by atoms with Crippen LogP contribution in [0.4, 0.5) is 0 Å². The molecule has 1 fully saturated rings. The highest BCUT2D eigenvalue weighted by Gasteiger charge is 2.47. The molecule has 1 saturated heterocycles. The van der Waals surface area contributed by atoms with Crippen molar-refractivity contribution in [2.75, 3.05) is 27.4 Å². The lowest BCUT2D eigenvalue weighted by atomic mass is 9.98. The van der Waals surface area contributed by atoms with E-state index < -0.39 is 23.5 Å². The largest absolute Gasteiger partial charge is 0.507 e. The number of rotatable bonds is 8. The van der Waals surface area contributed by atoms with Crippen molar-refractivity contribution in [3.8, 4) is 11.5 Å². The van der Waals surface area contributed by atoms with Crippen LogP contribution >= 0.6 is 11.6 Å². The summed E-state index contributed by atoms with van der Waals surface area (Å²) in [5, 5.41) is 11.3. The fourth-order valence-electron chi connectivity index (χ4n) is 3.43. The van der Waals surface area contributed by atoms with Crippen molar-refractivity contribution < 1.29 is 33.3 Å². The molecule has 3 rings (SSSR count). The predicted molar refractivity (Wildman–Crippen MR) is 113 cm³/mol. The number of amides is 1. The summed E-state index contributed by atoms with van der Waals surface area (Å²) >= 11 is 6.23. The number of halogens is 1. The zero-order valence-electron chi connectivity index (χ0n) is 17.7. The Morgan fingerprint density at radius 1 is 1.23 bits per heavy atom. The van der Waals surface area contributed by atoms with Gasteiger partial charge in [-0.3, -0.25) is 9.59 Å². The van der Waals surface area contributed by atoms with Crippen molar-refractivity contribution in [1.82, 2.24) is 4.90 Å². The van der Waals surface area contributed by atoms with Gasteiger partial charge in [-0.15, -0.1) is 0 Å². The van der Waals surface area contributed by atoms with Crippen LogP contribution in [0, 0.1) is 0 Å². The van der Waals surface area contributed by atoms with Crippen LogP contribution in [-0.4, -0.2) is 55.2 Å². The number of benzene rings is 1. The van der Waals surface area contributed by atoms with Crippen LogP contribution in [0.3, 0.4) is 0 Å². The number of ether oxygens (including phenoxy) is 3. The van der Waals surface area contributed by atoms with Gasteiger partial charge in [0.1, 0.15) is 29.1 Å². The minimum Gasteiger partial charge on any atom is -0.507 e. The Balaban J connectivity index is 2.13. The molecule has 1 aliphatic rings. The number of methoxy groups -OCH3 is 2. The molecule has 2 heterocycles. The zero-order chi connectivity index (χ0) is 22.7. The molecule has 1 atom stereocenters. The van der Waals surface area contributed by atoms with E-state index in [0.29, 0.717) is 11.5 Å². The number of ketones is 1. The molecule has 8 nitrogen and oxygen atoms in total. The van der Waals surface area contributed by atoms with E-state index in [1.165, 1.54) is 37.5 Å². The summed E-state index contributed by atoms with van der Waals surface area (Å²) in [5.41, 5.74) is 0.0327. The van der Waals surface area contributed by atoms with Gasteiger partial charge in [-0.05, 0) is 32.0 Å². The first-order chi connectivity index (χ1) is 14.8. The number of hydrogen-bond acceptors (Lipinski definition) is 7. The summed E-state index contributed by atoms with van der Waals surface area (Å²) in [5.74, 6) is -1.11. The van der Waals surface area contributed by atoms with Crippen LogP contribution in [0.25, 0.3) is 5.76 Å². The molecule has 0 radical (unpaired) electrons. The van der Waals surface area contributed by atoms with Crippen LogP contribution < -0.4 is 9.47 Å². The molecule has 31 heavy (non-hydrogen) atoms. The molecule has 1 aromatic heterocycles. The number of nitrogens with zero attached hydrogens (tertiary/aromatic N) is 1. The third-order valence-electron chi connectivity index (χ3n) is 4.87. The van der Waals surface area contributed by atoms with E-state index in [4.69, 9.17) is 30.2 Å². The summed E-state index contributed by atoms with van der Waals surface area (Å²) < 4.78 is 21.6. The number of aliphatic hydroxyl groups excluding tert-OH is 1. The molecule has 0 saturated carbocycles. The Morgan fingerprint density at radius 2 is 1.94 bits per heavy atom. The van der Waals surface area contributed by atoms with Crippen LogP contribution in [0.15, 0.2) is 40.5 Å². The second-order valence-electron chi connectivity index (χ2n) is 7.11. The van der Waals surface area contributed by atoms with Crippen LogP contribution in [0.1, 0.15) is 31.2 Å². The molecule has 1 amide bonds. The van der Waals surface area contributed by atoms with Gasteiger partial charge in [-0.1, -0.05) is 11.6 Å². The van der Waals surface area contributed by atoms with Gasteiger partial charge in [0.25, 0.3) is 11.7 Å². The smallest absolute Gasteiger partial charge is 0.295 e. The van der Waals surface area contributed by atoms with Gasteiger partial charge >= 0.3 is 0 Å². The summed E-state index contributed by atoms with van der Waals surface area (Å²) in [6, 6.07) is 5.27. The second-order valence-corrected chi connectivity index (χ2v) is 7.52. The molecule has 1 unspecified atom stereocenters. The maximum Gasteiger partial charge on any atom is 0.295 e. The molecular formula is C22H24ClNO7. The van der Waals surface area contributed by atoms with Gasteiger partial charge in [-0.2, -0.15) is 0 Å².